The molecule has 0 bridgehead atoms. The molecule has 0 aromatic carbocycles. The number of hydrogen-bond acceptors (Lipinski definition) is 6. The van der Waals surface area contributed by atoms with E-state index in [0.717, 1.165) is 37.7 Å². The molecule has 2 heterocycles. The Morgan fingerprint density at radius 3 is 2.48 bits per heavy atom. The summed E-state index contributed by atoms with van der Waals surface area (Å²) in [6, 6.07) is -2.97. The maximum absolute atomic E-state index is 13.1. The molecule has 3 fully saturated rings. The number of nitrogens with zero attached hydrogens (tertiary/aromatic N) is 1. The van der Waals surface area contributed by atoms with Crippen molar-refractivity contribution < 1.29 is 29.0 Å². The Kier molecular flexibility index (Phi) is 8.03. The number of aliphatic carboxylic acids is 1. The van der Waals surface area contributed by atoms with Crippen LogP contribution in [0.5, 0.6) is 0 Å². The zero-order chi connectivity index (χ0) is 24.6. The van der Waals surface area contributed by atoms with Crippen LogP contribution >= 0.6 is 46.6 Å². The molecule has 13 heteroatoms. The van der Waals surface area contributed by atoms with Crippen LogP contribution in [0, 0.1) is 0 Å². The first-order valence-electron chi connectivity index (χ1n) is 10.5. The fourth-order valence-electron chi connectivity index (χ4n) is 4.30. The van der Waals surface area contributed by atoms with Gasteiger partial charge in [0.15, 0.2) is 0 Å². The first-order chi connectivity index (χ1) is 15.3. The Balaban J connectivity index is 1.70. The Hall–Kier alpha value is -1.36. The molecule has 2 aliphatic heterocycles. The first-order valence-corrected chi connectivity index (χ1v) is 12.5. The maximum Gasteiger partial charge on any atom is 0.408 e. The van der Waals surface area contributed by atoms with Gasteiger partial charge in [-0.3, -0.25) is 9.59 Å². The summed E-state index contributed by atoms with van der Waals surface area (Å²) in [5.41, 5.74) is 1.02. The number of nitrogens with one attached hydrogen (secondary N) is 2. The Labute approximate surface area is 210 Å². The van der Waals surface area contributed by atoms with Gasteiger partial charge in [-0.15, -0.1) is 11.8 Å². The van der Waals surface area contributed by atoms with Gasteiger partial charge in [-0.2, -0.15) is 0 Å². The van der Waals surface area contributed by atoms with Gasteiger partial charge in [0, 0.05) is 4.75 Å². The molecule has 184 valence electrons. The Morgan fingerprint density at radius 2 is 1.91 bits per heavy atom. The van der Waals surface area contributed by atoms with Crippen LogP contribution in [-0.4, -0.2) is 72.5 Å². The predicted molar refractivity (Wildman–Crippen MR) is 125 cm³/mol. The number of alkyl carbamates (subject to hydrolysis) is 1. The minimum atomic E-state index is -1.80. The third-order valence-corrected chi connectivity index (χ3v) is 7.69. The predicted octanol–water partition coefficient (Wildman–Crippen LogP) is 2.97. The molecule has 2 saturated heterocycles. The minimum absolute atomic E-state index is 0.471. The van der Waals surface area contributed by atoms with Gasteiger partial charge < -0.3 is 25.4 Å². The molecule has 3 rings (SSSR count). The number of rotatable bonds is 6. The van der Waals surface area contributed by atoms with E-state index in [-0.39, 0.29) is 0 Å². The summed E-state index contributed by atoms with van der Waals surface area (Å²) in [5.74, 6) is -2.16. The Bertz CT molecular complexity index is 854. The number of carbonyl (C=O) groups is 4. The van der Waals surface area contributed by atoms with Crippen molar-refractivity contribution in [2.24, 2.45) is 0 Å². The lowest BCUT2D eigenvalue weighted by Gasteiger charge is -2.43. The molecular formula is C20H26Cl3N3O6S. The molecule has 3 amide bonds. The zero-order valence-corrected chi connectivity index (χ0v) is 21.2. The van der Waals surface area contributed by atoms with Gasteiger partial charge in [-0.1, -0.05) is 52.9 Å². The van der Waals surface area contributed by atoms with Gasteiger partial charge >= 0.3 is 12.1 Å². The normalized spacial score (nSPS) is 27.2. The lowest BCUT2D eigenvalue weighted by Crippen LogP contribution is -2.71. The van der Waals surface area contributed by atoms with Crippen molar-refractivity contribution in [1.82, 2.24) is 15.5 Å². The first kappa shape index (κ1) is 26.2. The van der Waals surface area contributed by atoms with Gasteiger partial charge in [0.25, 0.3) is 0 Å². The molecule has 3 aliphatic rings. The van der Waals surface area contributed by atoms with Crippen molar-refractivity contribution in [3.63, 3.8) is 0 Å². The average Bonchev–Trinajstić information content (AvgIpc) is 2.98. The lowest BCUT2D eigenvalue weighted by molar-refractivity contribution is -0.161. The SMILES string of the molecule is CC1(C)S[C@@H]2[C@H](NC(=O)C(C=C3CCCCC3)NC(=O)OCC(Cl)(Cl)Cl)C(=O)N2[C@H]1C(=O)O. The van der Waals surface area contributed by atoms with Crippen LogP contribution in [0.15, 0.2) is 11.6 Å². The quantitative estimate of drug-likeness (QED) is 0.268. The lowest BCUT2D eigenvalue weighted by atomic mass is 9.93. The largest absolute Gasteiger partial charge is 0.480 e. The fourth-order valence-corrected chi connectivity index (χ4v) is 6.08. The van der Waals surface area contributed by atoms with Gasteiger partial charge in [-0.25, -0.2) is 9.59 Å². The summed E-state index contributed by atoms with van der Waals surface area (Å²) in [5, 5.41) is 14.2. The second-order valence-corrected chi connectivity index (χ2v) is 13.1. The van der Waals surface area contributed by atoms with E-state index in [2.05, 4.69) is 10.6 Å². The van der Waals surface area contributed by atoms with E-state index in [4.69, 9.17) is 39.5 Å². The van der Waals surface area contributed by atoms with E-state index in [1.807, 2.05) is 0 Å². The fraction of sp³-hybridized carbons (Fsp3) is 0.700. The van der Waals surface area contributed by atoms with E-state index in [1.54, 1.807) is 19.9 Å². The number of alkyl halides is 3. The zero-order valence-electron chi connectivity index (χ0n) is 18.1. The van der Waals surface area contributed by atoms with Crippen molar-refractivity contribution in [1.29, 1.82) is 0 Å². The molecule has 0 radical (unpaired) electrons. The molecule has 33 heavy (non-hydrogen) atoms. The van der Waals surface area contributed by atoms with Crippen molar-refractivity contribution >= 4 is 70.4 Å². The van der Waals surface area contributed by atoms with Crippen LogP contribution in [0.1, 0.15) is 46.0 Å². The van der Waals surface area contributed by atoms with Gasteiger partial charge in [0.05, 0.1) is 0 Å². The van der Waals surface area contributed by atoms with Gasteiger partial charge in [0.2, 0.25) is 15.6 Å². The van der Waals surface area contributed by atoms with Crippen LogP contribution in [0.4, 0.5) is 4.79 Å². The summed E-state index contributed by atoms with van der Waals surface area (Å²) >= 11 is 18.1. The van der Waals surface area contributed by atoms with E-state index >= 15 is 0 Å². The highest BCUT2D eigenvalue weighted by atomic mass is 35.6. The number of β-lactam (4-membered cyclic amide) rings is 1. The number of halogens is 3. The number of thioether (sulfide) groups is 1. The highest BCUT2D eigenvalue weighted by Gasteiger charge is 2.64. The summed E-state index contributed by atoms with van der Waals surface area (Å²) in [6.07, 6.45) is 5.39. The molecule has 1 unspecified atom stereocenters. The highest BCUT2D eigenvalue weighted by Crippen LogP contribution is 2.50. The average molecular weight is 543 g/mol. The van der Waals surface area contributed by atoms with E-state index < -0.39 is 62.5 Å². The van der Waals surface area contributed by atoms with E-state index in [9.17, 15) is 24.3 Å². The number of carboxylic acids is 1. The number of amides is 3. The third-order valence-electron chi connectivity index (χ3n) is 5.79. The second-order valence-electron chi connectivity index (χ2n) is 8.78. The van der Waals surface area contributed by atoms with Crippen molar-refractivity contribution in [2.45, 2.75) is 78.0 Å². The molecule has 1 aliphatic carbocycles. The van der Waals surface area contributed by atoms with Crippen LogP contribution in [0.3, 0.4) is 0 Å². The molecule has 4 atom stereocenters. The van der Waals surface area contributed by atoms with Crippen LogP contribution < -0.4 is 10.6 Å². The number of ether oxygens (including phenoxy) is 1. The van der Waals surface area contributed by atoms with E-state index in [1.165, 1.54) is 16.7 Å². The van der Waals surface area contributed by atoms with Crippen molar-refractivity contribution in [3.05, 3.63) is 11.6 Å². The molecule has 9 nitrogen and oxygen atoms in total. The molecule has 0 aromatic heterocycles. The third kappa shape index (κ3) is 6.21. The number of allylic oxidation sites excluding steroid dienone is 1. The molecule has 3 N–H and O–H groups in total. The molecular weight excluding hydrogens is 517 g/mol. The van der Waals surface area contributed by atoms with Crippen molar-refractivity contribution in [3.8, 4) is 0 Å². The molecule has 0 spiro atoms. The van der Waals surface area contributed by atoms with Gasteiger partial charge in [-0.05, 0) is 39.5 Å². The smallest absolute Gasteiger partial charge is 0.408 e. The number of carboxylic acid groups (broad SMARTS) is 1. The summed E-state index contributed by atoms with van der Waals surface area (Å²) in [7, 11) is 0. The number of hydrogen-bond donors (Lipinski definition) is 3. The minimum Gasteiger partial charge on any atom is -0.480 e. The van der Waals surface area contributed by atoms with Crippen molar-refractivity contribution in [2.75, 3.05) is 6.61 Å². The maximum atomic E-state index is 13.1. The summed E-state index contributed by atoms with van der Waals surface area (Å²) in [6.45, 7) is 2.99. The standard InChI is InChI=1S/C20H26Cl3N3O6S/c1-19(2)13(17(29)30)26-15(28)12(16(26)33-19)25-14(27)11(8-10-6-4-3-5-7-10)24-18(31)32-9-20(21,22)23/h8,11-13,16H,3-7,9H2,1-2H3,(H,24,31)(H,25,27)(H,29,30)/t11?,12-,13+,16-/m1/s1. The van der Waals surface area contributed by atoms with Gasteiger partial charge in [0.1, 0.15) is 30.1 Å². The molecule has 1 saturated carbocycles. The van der Waals surface area contributed by atoms with Crippen LogP contribution in [-0.2, 0) is 19.1 Å². The second kappa shape index (κ2) is 10.1. The summed E-state index contributed by atoms with van der Waals surface area (Å²) in [4.78, 5) is 50.9. The van der Waals surface area contributed by atoms with Crippen LogP contribution in [0.25, 0.3) is 0 Å². The summed E-state index contributed by atoms with van der Waals surface area (Å²) < 4.78 is 2.37. The van der Waals surface area contributed by atoms with E-state index in [0.29, 0.717) is 0 Å². The monoisotopic (exact) mass is 541 g/mol. The molecule has 0 aromatic rings. The Morgan fingerprint density at radius 1 is 1.27 bits per heavy atom. The number of carbonyl (C=O) groups excluding carboxylic acids is 3. The number of fused-ring (bicyclic) bond motifs is 1. The topological polar surface area (TPSA) is 125 Å². The highest BCUT2D eigenvalue weighted by molar-refractivity contribution is 8.01. The van der Waals surface area contributed by atoms with Crippen LogP contribution in [0.2, 0.25) is 0 Å².